The van der Waals surface area contributed by atoms with Crippen LogP contribution in [0, 0.1) is 0 Å². The highest BCUT2D eigenvalue weighted by atomic mass is 16.6. The molecule has 0 spiro atoms. The molecule has 2 unspecified atom stereocenters. The Labute approximate surface area is 194 Å². The molecule has 0 heterocycles. The van der Waals surface area contributed by atoms with Crippen LogP contribution in [-0.2, 0) is 14.3 Å². The molecule has 0 saturated heterocycles. The maximum Gasteiger partial charge on any atom is 0.335 e. The average Bonchev–Trinajstić information content (AvgIpc) is 2.82. The van der Waals surface area contributed by atoms with Gasteiger partial charge in [0.15, 0.2) is 6.10 Å². The maximum absolute atomic E-state index is 12.2. The highest BCUT2D eigenvalue weighted by Gasteiger charge is 2.18. The molecule has 32 heavy (non-hydrogen) atoms. The number of unbranched alkanes of at least 4 members (excludes halogenated alkanes) is 5. The smallest absolute Gasteiger partial charge is 0.335 e. The van der Waals surface area contributed by atoms with Gasteiger partial charge in [-0.1, -0.05) is 82.3 Å². The van der Waals surface area contributed by atoms with E-state index in [0.717, 1.165) is 48.3 Å². The first-order valence-electron chi connectivity index (χ1n) is 12.2. The van der Waals surface area contributed by atoms with Gasteiger partial charge in [-0.15, -0.1) is 0 Å². The summed E-state index contributed by atoms with van der Waals surface area (Å²) in [6.45, 7) is 9.31. The van der Waals surface area contributed by atoms with Crippen LogP contribution in [0.4, 0.5) is 0 Å². The Morgan fingerprint density at radius 2 is 1.34 bits per heavy atom. The molecule has 0 N–H and O–H groups in total. The van der Waals surface area contributed by atoms with Crippen LogP contribution in [0.2, 0.25) is 0 Å². The van der Waals surface area contributed by atoms with E-state index in [2.05, 4.69) is 38.1 Å². The van der Waals surface area contributed by atoms with Crippen molar-refractivity contribution in [2.75, 3.05) is 13.2 Å². The van der Waals surface area contributed by atoms with Gasteiger partial charge in [0.05, 0.1) is 6.61 Å². The number of benzene rings is 2. The van der Waals surface area contributed by atoms with E-state index >= 15 is 0 Å². The molecule has 0 radical (unpaired) electrons. The van der Waals surface area contributed by atoms with Crippen molar-refractivity contribution >= 4 is 5.97 Å². The van der Waals surface area contributed by atoms with Crippen LogP contribution in [-0.4, -0.2) is 25.3 Å². The van der Waals surface area contributed by atoms with Gasteiger partial charge in [-0.2, -0.15) is 0 Å². The zero-order chi connectivity index (χ0) is 23.2. The van der Waals surface area contributed by atoms with Gasteiger partial charge in [0.2, 0.25) is 0 Å². The second kappa shape index (κ2) is 14.7. The third kappa shape index (κ3) is 9.04. The fourth-order valence-corrected chi connectivity index (χ4v) is 3.40. The fourth-order valence-electron chi connectivity index (χ4n) is 3.40. The van der Waals surface area contributed by atoms with E-state index in [1.54, 1.807) is 6.92 Å². The fraction of sp³-hybridized carbons (Fsp3) is 0.536. The van der Waals surface area contributed by atoms with Gasteiger partial charge in [0.1, 0.15) is 11.9 Å². The normalized spacial score (nSPS) is 12.9. The number of hydrogen-bond acceptors (Lipinski definition) is 4. The van der Waals surface area contributed by atoms with Crippen LogP contribution in [0.5, 0.6) is 5.75 Å². The van der Waals surface area contributed by atoms with Crippen LogP contribution < -0.4 is 4.74 Å². The standard InChI is InChI=1S/C28H40O4/c1-5-7-9-10-11-21-31-27-18-16-26(17-19-27)25-14-12-24(13-15-25)22(3)32-28(29)23(4)30-20-8-6-2/h12-19,22-23H,5-11,20-21H2,1-4H3. The Morgan fingerprint density at radius 3 is 1.97 bits per heavy atom. The molecule has 0 aliphatic carbocycles. The zero-order valence-electron chi connectivity index (χ0n) is 20.3. The van der Waals surface area contributed by atoms with E-state index in [4.69, 9.17) is 14.2 Å². The molecule has 2 aromatic carbocycles. The molecule has 0 fully saturated rings. The Morgan fingerprint density at radius 1 is 0.750 bits per heavy atom. The lowest BCUT2D eigenvalue weighted by Gasteiger charge is -2.18. The summed E-state index contributed by atoms with van der Waals surface area (Å²) in [5, 5.41) is 0. The van der Waals surface area contributed by atoms with E-state index in [9.17, 15) is 4.79 Å². The summed E-state index contributed by atoms with van der Waals surface area (Å²) in [5.74, 6) is 0.593. The molecule has 0 bridgehead atoms. The van der Waals surface area contributed by atoms with E-state index in [0.29, 0.717) is 6.61 Å². The molecule has 2 atom stereocenters. The first-order chi connectivity index (χ1) is 15.5. The monoisotopic (exact) mass is 440 g/mol. The average molecular weight is 441 g/mol. The van der Waals surface area contributed by atoms with Crippen molar-refractivity contribution in [3.63, 3.8) is 0 Å². The largest absolute Gasteiger partial charge is 0.494 e. The highest BCUT2D eigenvalue weighted by Crippen LogP contribution is 2.26. The summed E-state index contributed by atoms with van der Waals surface area (Å²) in [6.07, 6.45) is 7.33. The van der Waals surface area contributed by atoms with Crippen molar-refractivity contribution in [2.45, 2.75) is 84.8 Å². The topological polar surface area (TPSA) is 44.8 Å². The molecule has 0 amide bonds. The Hall–Kier alpha value is -2.33. The molecule has 4 heteroatoms. The van der Waals surface area contributed by atoms with Crippen molar-refractivity contribution in [2.24, 2.45) is 0 Å². The quantitative estimate of drug-likeness (QED) is 0.212. The number of esters is 1. The lowest BCUT2D eigenvalue weighted by atomic mass is 10.0. The third-order valence-corrected chi connectivity index (χ3v) is 5.57. The van der Waals surface area contributed by atoms with Gasteiger partial charge < -0.3 is 14.2 Å². The number of carbonyl (C=O) groups is 1. The van der Waals surface area contributed by atoms with Crippen LogP contribution >= 0.6 is 0 Å². The Kier molecular flexibility index (Phi) is 11.9. The third-order valence-electron chi connectivity index (χ3n) is 5.57. The Bertz CT molecular complexity index is 767. The predicted molar refractivity (Wildman–Crippen MR) is 131 cm³/mol. The van der Waals surface area contributed by atoms with Gasteiger partial charge >= 0.3 is 5.97 Å². The van der Waals surface area contributed by atoms with Gasteiger partial charge in [0, 0.05) is 6.61 Å². The second-order valence-electron chi connectivity index (χ2n) is 8.35. The molecule has 2 rings (SSSR count). The summed E-state index contributed by atoms with van der Waals surface area (Å²) < 4.78 is 17.0. The van der Waals surface area contributed by atoms with E-state index < -0.39 is 6.10 Å². The van der Waals surface area contributed by atoms with Crippen LogP contribution in [0.25, 0.3) is 11.1 Å². The van der Waals surface area contributed by atoms with Gasteiger partial charge in [0.25, 0.3) is 0 Å². The number of rotatable bonds is 15. The van der Waals surface area contributed by atoms with E-state index in [1.807, 2.05) is 31.2 Å². The minimum atomic E-state index is -0.541. The molecule has 0 aliphatic heterocycles. The maximum atomic E-state index is 12.2. The molecule has 0 saturated carbocycles. The Balaban J connectivity index is 1.82. The molecule has 0 aliphatic rings. The lowest BCUT2D eigenvalue weighted by Crippen LogP contribution is -2.25. The lowest BCUT2D eigenvalue weighted by molar-refractivity contribution is -0.161. The summed E-state index contributed by atoms with van der Waals surface area (Å²) >= 11 is 0. The number of ether oxygens (including phenoxy) is 3. The number of carbonyl (C=O) groups excluding carboxylic acids is 1. The first kappa shape index (κ1) is 25.9. The van der Waals surface area contributed by atoms with Gasteiger partial charge in [-0.05, 0) is 55.5 Å². The van der Waals surface area contributed by atoms with Crippen LogP contribution in [0.3, 0.4) is 0 Å². The summed E-state index contributed by atoms with van der Waals surface area (Å²) in [5.41, 5.74) is 3.22. The second-order valence-corrected chi connectivity index (χ2v) is 8.35. The van der Waals surface area contributed by atoms with Crippen molar-refractivity contribution in [3.8, 4) is 16.9 Å². The minimum absolute atomic E-state index is 0.318. The van der Waals surface area contributed by atoms with Crippen molar-refractivity contribution in [3.05, 3.63) is 54.1 Å². The molecular weight excluding hydrogens is 400 g/mol. The molecule has 0 aromatic heterocycles. The molecular formula is C28H40O4. The van der Waals surface area contributed by atoms with Crippen LogP contribution in [0.1, 0.15) is 84.3 Å². The van der Waals surface area contributed by atoms with E-state index in [1.165, 1.54) is 25.7 Å². The zero-order valence-corrected chi connectivity index (χ0v) is 20.3. The van der Waals surface area contributed by atoms with Gasteiger partial charge in [-0.3, -0.25) is 0 Å². The summed E-state index contributed by atoms with van der Waals surface area (Å²) in [6, 6.07) is 16.4. The predicted octanol–water partition coefficient (Wildman–Crippen LogP) is 7.51. The summed E-state index contributed by atoms with van der Waals surface area (Å²) in [4.78, 5) is 12.2. The molecule has 176 valence electrons. The van der Waals surface area contributed by atoms with Crippen molar-refractivity contribution < 1.29 is 19.0 Å². The van der Waals surface area contributed by atoms with E-state index in [-0.39, 0.29) is 12.1 Å². The minimum Gasteiger partial charge on any atom is -0.494 e. The first-order valence-corrected chi connectivity index (χ1v) is 12.2. The number of hydrogen-bond donors (Lipinski definition) is 0. The van der Waals surface area contributed by atoms with Crippen LogP contribution in [0.15, 0.2) is 48.5 Å². The van der Waals surface area contributed by atoms with Crippen molar-refractivity contribution in [1.82, 2.24) is 0 Å². The highest BCUT2D eigenvalue weighted by molar-refractivity contribution is 5.74. The van der Waals surface area contributed by atoms with Gasteiger partial charge in [-0.25, -0.2) is 4.79 Å². The van der Waals surface area contributed by atoms with Crippen molar-refractivity contribution in [1.29, 1.82) is 0 Å². The molecule has 4 nitrogen and oxygen atoms in total. The molecule has 2 aromatic rings. The summed E-state index contributed by atoms with van der Waals surface area (Å²) in [7, 11) is 0. The SMILES string of the molecule is CCCCCCCOc1ccc(-c2ccc(C(C)OC(=O)C(C)OCCCC)cc2)cc1.